The number of aromatic nitrogens is 1. The van der Waals surface area contributed by atoms with E-state index in [1.807, 2.05) is 32.2 Å². The SMILES string of the molecule is CNCc1cccc(N2CCS(=O)(=O)CC2C)n1. The topological polar surface area (TPSA) is 62.3 Å². The Morgan fingerprint density at radius 3 is 2.94 bits per heavy atom. The van der Waals surface area contributed by atoms with Gasteiger partial charge in [-0.1, -0.05) is 6.07 Å². The summed E-state index contributed by atoms with van der Waals surface area (Å²) < 4.78 is 23.1. The number of pyridine rings is 1. The third kappa shape index (κ3) is 3.00. The Hall–Kier alpha value is -1.14. The zero-order chi connectivity index (χ0) is 13.2. The fourth-order valence-electron chi connectivity index (χ4n) is 2.25. The summed E-state index contributed by atoms with van der Waals surface area (Å²) in [5.74, 6) is 1.30. The van der Waals surface area contributed by atoms with Gasteiger partial charge in [0.25, 0.3) is 0 Å². The Balaban J connectivity index is 2.19. The van der Waals surface area contributed by atoms with E-state index in [0.717, 1.165) is 11.5 Å². The van der Waals surface area contributed by atoms with Crippen molar-refractivity contribution in [2.75, 3.05) is 30.0 Å². The van der Waals surface area contributed by atoms with Crippen LogP contribution in [0.25, 0.3) is 0 Å². The van der Waals surface area contributed by atoms with Crippen LogP contribution in [0, 0.1) is 0 Å². The van der Waals surface area contributed by atoms with E-state index in [1.165, 1.54) is 0 Å². The number of sulfone groups is 1. The van der Waals surface area contributed by atoms with E-state index in [2.05, 4.69) is 15.2 Å². The first kappa shape index (κ1) is 13.3. The van der Waals surface area contributed by atoms with Crippen LogP contribution in [-0.2, 0) is 16.4 Å². The number of anilines is 1. The lowest BCUT2D eigenvalue weighted by Crippen LogP contribution is -2.47. The van der Waals surface area contributed by atoms with Crippen molar-refractivity contribution in [3.8, 4) is 0 Å². The first-order valence-corrected chi connectivity index (χ1v) is 7.91. The van der Waals surface area contributed by atoms with Gasteiger partial charge in [-0.05, 0) is 26.1 Å². The van der Waals surface area contributed by atoms with Gasteiger partial charge in [-0.2, -0.15) is 0 Å². The molecule has 100 valence electrons. The van der Waals surface area contributed by atoms with Crippen LogP contribution in [0.15, 0.2) is 18.2 Å². The van der Waals surface area contributed by atoms with Crippen LogP contribution in [0.2, 0.25) is 0 Å². The van der Waals surface area contributed by atoms with Gasteiger partial charge in [0.15, 0.2) is 9.84 Å². The van der Waals surface area contributed by atoms with Gasteiger partial charge in [0.1, 0.15) is 5.82 Å². The largest absolute Gasteiger partial charge is 0.352 e. The summed E-state index contributed by atoms with van der Waals surface area (Å²) in [6.45, 7) is 3.18. The molecule has 1 aliphatic rings. The van der Waals surface area contributed by atoms with Crippen molar-refractivity contribution in [1.29, 1.82) is 0 Å². The van der Waals surface area contributed by atoms with Gasteiger partial charge >= 0.3 is 0 Å². The summed E-state index contributed by atoms with van der Waals surface area (Å²) in [5, 5.41) is 3.06. The normalized spacial score (nSPS) is 23.0. The van der Waals surface area contributed by atoms with Gasteiger partial charge in [0, 0.05) is 19.1 Å². The molecule has 0 amide bonds. The second-order valence-electron chi connectivity index (χ2n) is 4.67. The molecule has 1 saturated heterocycles. The number of hydrogen-bond acceptors (Lipinski definition) is 5. The van der Waals surface area contributed by atoms with Crippen LogP contribution in [0.5, 0.6) is 0 Å². The molecule has 0 aliphatic carbocycles. The van der Waals surface area contributed by atoms with E-state index in [-0.39, 0.29) is 17.5 Å². The molecule has 2 rings (SSSR count). The summed E-state index contributed by atoms with van der Waals surface area (Å²) in [4.78, 5) is 6.62. The molecule has 2 heterocycles. The van der Waals surface area contributed by atoms with E-state index >= 15 is 0 Å². The minimum absolute atomic E-state index is 0.0129. The van der Waals surface area contributed by atoms with Crippen LogP contribution < -0.4 is 10.2 Å². The predicted octanol–water partition coefficient (Wildman–Crippen LogP) is 0.424. The van der Waals surface area contributed by atoms with Crippen molar-refractivity contribution in [1.82, 2.24) is 10.3 Å². The molecule has 1 N–H and O–H groups in total. The molecule has 1 aliphatic heterocycles. The molecular formula is C12H19N3O2S. The quantitative estimate of drug-likeness (QED) is 0.862. The van der Waals surface area contributed by atoms with Crippen LogP contribution in [0.1, 0.15) is 12.6 Å². The lowest BCUT2D eigenvalue weighted by atomic mass is 10.2. The van der Waals surface area contributed by atoms with Gasteiger partial charge in [0.2, 0.25) is 0 Å². The van der Waals surface area contributed by atoms with Crippen LogP contribution in [-0.4, -0.2) is 44.5 Å². The van der Waals surface area contributed by atoms with Crippen molar-refractivity contribution < 1.29 is 8.42 Å². The van der Waals surface area contributed by atoms with E-state index < -0.39 is 9.84 Å². The maximum atomic E-state index is 11.6. The van der Waals surface area contributed by atoms with E-state index in [0.29, 0.717) is 13.1 Å². The van der Waals surface area contributed by atoms with Crippen molar-refractivity contribution in [3.63, 3.8) is 0 Å². The predicted molar refractivity (Wildman–Crippen MR) is 72.5 cm³/mol. The maximum absolute atomic E-state index is 11.6. The average molecular weight is 269 g/mol. The molecule has 0 spiro atoms. The summed E-state index contributed by atoms with van der Waals surface area (Å²) >= 11 is 0. The van der Waals surface area contributed by atoms with Gasteiger partial charge in [-0.25, -0.2) is 13.4 Å². The minimum Gasteiger partial charge on any atom is -0.352 e. The smallest absolute Gasteiger partial charge is 0.154 e. The molecule has 0 bridgehead atoms. The molecule has 5 nitrogen and oxygen atoms in total. The van der Waals surface area contributed by atoms with E-state index in [4.69, 9.17) is 0 Å². The summed E-state index contributed by atoms with van der Waals surface area (Å²) in [6.07, 6.45) is 0. The standard InChI is InChI=1S/C12H19N3O2S/c1-10-9-18(16,17)7-6-15(10)12-5-3-4-11(14-12)8-13-2/h3-5,10,13H,6-9H2,1-2H3. The van der Waals surface area contributed by atoms with Crippen molar-refractivity contribution in [3.05, 3.63) is 23.9 Å². The highest BCUT2D eigenvalue weighted by Gasteiger charge is 2.28. The number of rotatable bonds is 3. The van der Waals surface area contributed by atoms with Crippen LogP contribution >= 0.6 is 0 Å². The molecule has 1 fully saturated rings. The zero-order valence-corrected chi connectivity index (χ0v) is 11.6. The van der Waals surface area contributed by atoms with E-state index in [9.17, 15) is 8.42 Å². The monoisotopic (exact) mass is 269 g/mol. The zero-order valence-electron chi connectivity index (χ0n) is 10.8. The number of hydrogen-bond donors (Lipinski definition) is 1. The fourth-order valence-corrected chi connectivity index (χ4v) is 3.80. The third-order valence-electron chi connectivity index (χ3n) is 3.11. The molecule has 0 radical (unpaired) electrons. The average Bonchev–Trinajstić information content (AvgIpc) is 2.28. The second kappa shape index (κ2) is 5.24. The molecule has 6 heteroatoms. The Bertz CT molecular complexity index is 516. The Morgan fingerprint density at radius 2 is 2.28 bits per heavy atom. The molecule has 1 atom stereocenters. The fraction of sp³-hybridized carbons (Fsp3) is 0.583. The molecule has 0 saturated carbocycles. The van der Waals surface area contributed by atoms with Crippen LogP contribution in [0.4, 0.5) is 5.82 Å². The Labute approximate surface area is 108 Å². The highest BCUT2D eigenvalue weighted by atomic mass is 32.2. The molecular weight excluding hydrogens is 250 g/mol. The van der Waals surface area contributed by atoms with Crippen LogP contribution in [0.3, 0.4) is 0 Å². The maximum Gasteiger partial charge on any atom is 0.154 e. The highest BCUT2D eigenvalue weighted by Crippen LogP contribution is 2.19. The van der Waals surface area contributed by atoms with Gasteiger partial charge in [0.05, 0.1) is 17.2 Å². The lowest BCUT2D eigenvalue weighted by molar-refractivity contribution is 0.566. The Kier molecular flexibility index (Phi) is 3.87. The Morgan fingerprint density at radius 1 is 1.50 bits per heavy atom. The molecule has 1 aromatic heterocycles. The van der Waals surface area contributed by atoms with E-state index in [1.54, 1.807) is 0 Å². The minimum atomic E-state index is -2.87. The van der Waals surface area contributed by atoms with Gasteiger partial charge in [-0.15, -0.1) is 0 Å². The summed E-state index contributed by atoms with van der Waals surface area (Å²) in [6, 6.07) is 5.85. The first-order chi connectivity index (χ1) is 8.52. The summed E-state index contributed by atoms with van der Waals surface area (Å²) in [7, 11) is -0.996. The number of nitrogens with zero attached hydrogens (tertiary/aromatic N) is 2. The highest BCUT2D eigenvalue weighted by molar-refractivity contribution is 7.91. The molecule has 18 heavy (non-hydrogen) atoms. The second-order valence-corrected chi connectivity index (χ2v) is 6.90. The van der Waals surface area contributed by atoms with Crippen molar-refractivity contribution in [2.45, 2.75) is 19.5 Å². The molecule has 1 aromatic rings. The number of nitrogens with one attached hydrogen (secondary N) is 1. The third-order valence-corrected chi connectivity index (χ3v) is 4.91. The first-order valence-electron chi connectivity index (χ1n) is 6.09. The summed E-state index contributed by atoms with van der Waals surface area (Å²) in [5.41, 5.74) is 0.968. The van der Waals surface area contributed by atoms with Crippen molar-refractivity contribution in [2.24, 2.45) is 0 Å². The molecule has 0 aromatic carbocycles. The molecule has 1 unspecified atom stereocenters. The van der Waals surface area contributed by atoms with Crippen molar-refractivity contribution >= 4 is 15.7 Å². The van der Waals surface area contributed by atoms with Gasteiger partial charge in [-0.3, -0.25) is 0 Å². The van der Waals surface area contributed by atoms with Gasteiger partial charge < -0.3 is 10.2 Å². The lowest BCUT2D eigenvalue weighted by Gasteiger charge is -2.34.